The van der Waals surface area contributed by atoms with E-state index in [-0.39, 0.29) is 5.75 Å². The summed E-state index contributed by atoms with van der Waals surface area (Å²) in [6.07, 6.45) is -2.64. The highest BCUT2D eigenvalue weighted by atomic mass is 19.4. The van der Waals surface area contributed by atoms with Gasteiger partial charge >= 0.3 is 6.18 Å². The zero-order valence-corrected chi connectivity index (χ0v) is 14.7. The van der Waals surface area contributed by atoms with Gasteiger partial charge in [0, 0.05) is 19.8 Å². The summed E-state index contributed by atoms with van der Waals surface area (Å²) in [6, 6.07) is 8.38. The van der Waals surface area contributed by atoms with E-state index in [0.29, 0.717) is 25.6 Å². The maximum Gasteiger partial charge on any atom is 0.422 e. The molecule has 0 fully saturated rings. The lowest BCUT2D eigenvalue weighted by Gasteiger charge is -2.12. The van der Waals surface area contributed by atoms with E-state index in [1.165, 1.54) is 6.07 Å². The highest BCUT2D eigenvalue weighted by Crippen LogP contribution is 2.19. The maximum atomic E-state index is 12.2. The van der Waals surface area contributed by atoms with Gasteiger partial charge in [0.1, 0.15) is 5.75 Å². The Hall–Kier alpha value is -2.71. The van der Waals surface area contributed by atoms with Crippen molar-refractivity contribution in [2.24, 2.45) is 12.0 Å². The molecule has 0 saturated carbocycles. The number of alkyl halides is 3. The third-order valence-corrected chi connectivity index (χ3v) is 3.42. The molecular weight excluding hydrogens is 347 g/mol. The second kappa shape index (κ2) is 9.12. The monoisotopic (exact) mass is 369 g/mol. The van der Waals surface area contributed by atoms with Gasteiger partial charge in [0.15, 0.2) is 12.6 Å². The summed E-state index contributed by atoms with van der Waals surface area (Å²) in [5.74, 6) is 0.776. The first-order valence-corrected chi connectivity index (χ1v) is 8.15. The van der Waals surface area contributed by atoms with Crippen LogP contribution in [0.3, 0.4) is 0 Å². The number of hydrogen-bond donors (Lipinski definition) is 2. The van der Waals surface area contributed by atoms with Crippen molar-refractivity contribution in [3.05, 3.63) is 47.8 Å². The fourth-order valence-electron chi connectivity index (χ4n) is 2.16. The van der Waals surface area contributed by atoms with E-state index in [0.717, 1.165) is 11.3 Å². The van der Waals surface area contributed by atoms with Gasteiger partial charge in [0.25, 0.3) is 0 Å². The van der Waals surface area contributed by atoms with Gasteiger partial charge < -0.3 is 15.4 Å². The quantitative estimate of drug-likeness (QED) is 0.582. The standard InChI is InChI=1S/C17H22F3N5O/c1-3-21-16(23-11-14-7-8-24-25(14)2)22-10-13-5-4-6-15(9-13)26-12-17(18,19)20/h4-9H,3,10-12H2,1-2H3,(H2,21,22,23). The molecule has 1 aromatic heterocycles. The van der Waals surface area contributed by atoms with Crippen LogP contribution >= 0.6 is 0 Å². The summed E-state index contributed by atoms with van der Waals surface area (Å²) in [7, 11) is 1.85. The molecule has 0 bridgehead atoms. The number of benzene rings is 1. The van der Waals surface area contributed by atoms with E-state index in [9.17, 15) is 13.2 Å². The van der Waals surface area contributed by atoms with Crippen LogP contribution in [0.4, 0.5) is 13.2 Å². The molecule has 0 aliphatic rings. The first-order valence-electron chi connectivity index (χ1n) is 8.15. The minimum Gasteiger partial charge on any atom is -0.484 e. The third kappa shape index (κ3) is 6.66. The lowest BCUT2D eigenvalue weighted by atomic mass is 10.2. The molecule has 9 heteroatoms. The first kappa shape index (κ1) is 19.6. The Morgan fingerprint density at radius 2 is 2.08 bits per heavy atom. The Bertz CT molecular complexity index is 727. The summed E-state index contributed by atoms with van der Waals surface area (Å²) in [5, 5.41) is 10.4. The zero-order valence-electron chi connectivity index (χ0n) is 14.7. The summed E-state index contributed by atoms with van der Waals surface area (Å²) >= 11 is 0. The Balaban J connectivity index is 1.96. The molecule has 6 nitrogen and oxygen atoms in total. The molecule has 0 aliphatic heterocycles. The molecule has 142 valence electrons. The normalized spacial score (nSPS) is 12.1. The predicted molar refractivity (Wildman–Crippen MR) is 92.9 cm³/mol. The number of nitrogens with one attached hydrogen (secondary N) is 2. The number of nitrogens with zero attached hydrogens (tertiary/aromatic N) is 3. The second-order valence-corrected chi connectivity index (χ2v) is 5.55. The van der Waals surface area contributed by atoms with Crippen molar-refractivity contribution in [2.75, 3.05) is 13.2 Å². The van der Waals surface area contributed by atoms with Crippen LogP contribution in [-0.2, 0) is 20.1 Å². The van der Waals surface area contributed by atoms with Crippen LogP contribution in [0, 0.1) is 0 Å². The number of rotatable bonds is 7. The topological polar surface area (TPSA) is 63.5 Å². The average Bonchev–Trinajstić information content (AvgIpc) is 3.00. The van der Waals surface area contributed by atoms with E-state index in [4.69, 9.17) is 4.74 Å². The number of halogens is 3. The van der Waals surface area contributed by atoms with Crippen LogP contribution in [0.5, 0.6) is 5.75 Å². The Kier molecular flexibility index (Phi) is 6.88. The molecule has 0 atom stereocenters. The molecule has 0 unspecified atom stereocenters. The number of aliphatic imine (C=N–C) groups is 1. The molecule has 0 spiro atoms. The molecule has 1 heterocycles. The van der Waals surface area contributed by atoms with Gasteiger partial charge in [-0.2, -0.15) is 18.3 Å². The lowest BCUT2D eigenvalue weighted by molar-refractivity contribution is -0.153. The molecular formula is C17H22F3N5O. The van der Waals surface area contributed by atoms with Gasteiger partial charge in [0.2, 0.25) is 0 Å². The van der Waals surface area contributed by atoms with Gasteiger partial charge in [-0.15, -0.1) is 0 Å². The van der Waals surface area contributed by atoms with Crippen LogP contribution in [0.15, 0.2) is 41.5 Å². The largest absolute Gasteiger partial charge is 0.484 e. The second-order valence-electron chi connectivity index (χ2n) is 5.55. The minimum atomic E-state index is -4.36. The third-order valence-electron chi connectivity index (χ3n) is 3.42. The van der Waals surface area contributed by atoms with Gasteiger partial charge in [0.05, 0.1) is 18.8 Å². The average molecular weight is 369 g/mol. The Morgan fingerprint density at radius 3 is 2.73 bits per heavy atom. The molecule has 2 rings (SSSR count). The summed E-state index contributed by atoms with van der Waals surface area (Å²) in [5.41, 5.74) is 1.75. The summed E-state index contributed by atoms with van der Waals surface area (Å²) < 4.78 is 43.2. The molecule has 26 heavy (non-hydrogen) atoms. The van der Waals surface area contributed by atoms with E-state index in [1.807, 2.05) is 20.0 Å². The van der Waals surface area contributed by atoms with Crippen LogP contribution < -0.4 is 15.4 Å². The van der Waals surface area contributed by atoms with Gasteiger partial charge in [-0.1, -0.05) is 12.1 Å². The predicted octanol–water partition coefficient (Wildman–Crippen LogP) is 2.62. The molecule has 2 aromatic rings. The maximum absolute atomic E-state index is 12.2. The fourth-order valence-corrected chi connectivity index (χ4v) is 2.16. The van der Waals surface area contributed by atoms with Crippen molar-refractivity contribution < 1.29 is 17.9 Å². The number of ether oxygens (including phenoxy) is 1. The number of guanidine groups is 1. The highest BCUT2D eigenvalue weighted by Gasteiger charge is 2.28. The van der Waals surface area contributed by atoms with Crippen LogP contribution in [0.1, 0.15) is 18.2 Å². The van der Waals surface area contributed by atoms with Gasteiger partial charge in [-0.25, -0.2) is 4.99 Å². The summed E-state index contributed by atoms with van der Waals surface area (Å²) in [4.78, 5) is 4.45. The van der Waals surface area contributed by atoms with Crippen LogP contribution in [-0.4, -0.2) is 35.1 Å². The lowest BCUT2D eigenvalue weighted by Crippen LogP contribution is -2.37. The van der Waals surface area contributed by atoms with E-state index in [2.05, 4.69) is 20.7 Å². The molecule has 0 amide bonds. The molecule has 0 saturated heterocycles. The summed E-state index contributed by atoms with van der Waals surface area (Å²) in [6.45, 7) is 2.19. The van der Waals surface area contributed by atoms with Crippen molar-refractivity contribution in [1.82, 2.24) is 20.4 Å². The SMILES string of the molecule is CCNC(=NCc1cccc(OCC(F)(F)F)c1)NCc1ccnn1C. The molecule has 1 aromatic carbocycles. The van der Waals surface area contributed by atoms with Crippen molar-refractivity contribution in [3.63, 3.8) is 0 Å². The number of aromatic nitrogens is 2. The Morgan fingerprint density at radius 1 is 1.27 bits per heavy atom. The van der Waals surface area contributed by atoms with Gasteiger partial charge in [-0.3, -0.25) is 4.68 Å². The first-order chi connectivity index (χ1) is 12.4. The smallest absolute Gasteiger partial charge is 0.422 e. The molecule has 0 aliphatic carbocycles. The highest BCUT2D eigenvalue weighted by molar-refractivity contribution is 5.79. The Labute approximate surface area is 150 Å². The number of aryl methyl sites for hydroxylation is 1. The minimum absolute atomic E-state index is 0.169. The number of hydrogen-bond acceptors (Lipinski definition) is 3. The van der Waals surface area contributed by atoms with Crippen molar-refractivity contribution >= 4 is 5.96 Å². The fraction of sp³-hybridized carbons (Fsp3) is 0.412. The van der Waals surface area contributed by atoms with E-state index >= 15 is 0 Å². The molecule has 2 N–H and O–H groups in total. The van der Waals surface area contributed by atoms with Crippen molar-refractivity contribution in [1.29, 1.82) is 0 Å². The van der Waals surface area contributed by atoms with Crippen molar-refractivity contribution in [2.45, 2.75) is 26.2 Å². The van der Waals surface area contributed by atoms with Crippen molar-refractivity contribution in [3.8, 4) is 5.75 Å². The van der Waals surface area contributed by atoms with Gasteiger partial charge in [-0.05, 0) is 30.7 Å². The van der Waals surface area contributed by atoms with E-state index in [1.54, 1.807) is 29.1 Å². The van der Waals surface area contributed by atoms with E-state index < -0.39 is 12.8 Å². The molecule has 0 radical (unpaired) electrons. The van der Waals surface area contributed by atoms with Crippen LogP contribution in [0.25, 0.3) is 0 Å². The zero-order chi connectivity index (χ0) is 19.0. The van der Waals surface area contributed by atoms with Crippen LogP contribution in [0.2, 0.25) is 0 Å².